The lowest BCUT2D eigenvalue weighted by atomic mass is 10.0. The van der Waals surface area contributed by atoms with Crippen molar-refractivity contribution in [1.82, 2.24) is 20.4 Å². The number of amides is 2. The second-order valence-corrected chi connectivity index (χ2v) is 7.10. The van der Waals surface area contributed by atoms with Gasteiger partial charge in [0.1, 0.15) is 11.3 Å². The van der Waals surface area contributed by atoms with Crippen LogP contribution < -0.4 is 15.6 Å². The second kappa shape index (κ2) is 8.62. The number of carbonyl (C=O) groups is 2. The van der Waals surface area contributed by atoms with E-state index < -0.39 is 0 Å². The van der Waals surface area contributed by atoms with E-state index in [0.29, 0.717) is 31.0 Å². The minimum Gasteiger partial charge on any atom is -0.494 e. The fourth-order valence-electron chi connectivity index (χ4n) is 3.05. The summed E-state index contributed by atoms with van der Waals surface area (Å²) in [4.78, 5) is 37.8. The number of aromatic amines is 1. The summed E-state index contributed by atoms with van der Waals surface area (Å²) >= 11 is 12.3. The number of benzene rings is 1. The van der Waals surface area contributed by atoms with Crippen molar-refractivity contribution < 1.29 is 14.3 Å². The number of rotatable bonds is 4. The third-order valence-electron chi connectivity index (χ3n) is 4.51. The molecule has 2 aromatic rings. The maximum atomic E-state index is 12.9. The summed E-state index contributed by atoms with van der Waals surface area (Å²) in [5.74, 6) is -0.393. The minimum atomic E-state index is -0.376. The molecule has 10 heteroatoms. The molecule has 2 amide bonds. The molecule has 0 unspecified atom stereocenters. The molecule has 1 saturated heterocycles. The van der Waals surface area contributed by atoms with E-state index in [-0.39, 0.29) is 45.4 Å². The molecule has 1 aliphatic rings. The first-order valence-electron chi connectivity index (χ1n) is 8.58. The Morgan fingerprint density at radius 2 is 1.86 bits per heavy atom. The van der Waals surface area contributed by atoms with Crippen LogP contribution in [0, 0.1) is 0 Å². The quantitative estimate of drug-likeness (QED) is 0.781. The minimum absolute atomic E-state index is 0.109. The van der Waals surface area contributed by atoms with Crippen LogP contribution >= 0.6 is 23.2 Å². The molecule has 1 fully saturated rings. The van der Waals surface area contributed by atoms with Crippen LogP contribution in [0.1, 0.15) is 33.7 Å². The van der Waals surface area contributed by atoms with Crippen LogP contribution in [0.4, 0.5) is 0 Å². The van der Waals surface area contributed by atoms with Crippen LogP contribution in [-0.4, -0.2) is 53.2 Å². The highest BCUT2D eigenvalue weighted by Gasteiger charge is 2.29. The summed E-state index contributed by atoms with van der Waals surface area (Å²) in [5.41, 5.74) is -0.0105. The highest BCUT2D eigenvalue weighted by Crippen LogP contribution is 2.35. The first kappa shape index (κ1) is 20.2. The van der Waals surface area contributed by atoms with Crippen molar-refractivity contribution >= 4 is 35.0 Å². The number of ether oxygens (including phenoxy) is 1. The summed E-state index contributed by atoms with van der Waals surface area (Å²) in [7, 11) is 1.43. The van der Waals surface area contributed by atoms with Crippen molar-refractivity contribution in [3.05, 3.63) is 55.9 Å². The molecule has 1 aromatic carbocycles. The summed E-state index contributed by atoms with van der Waals surface area (Å²) in [6, 6.07) is 5.63. The van der Waals surface area contributed by atoms with Gasteiger partial charge in [-0.25, -0.2) is 5.10 Å². The number of carbonyl (C=O) groups excluding carboxylic acids is 2. The molecule has 2 N–H and O–H groups in total. The average Bonchev–Trinajstić information content (AvgIpc) is 2.70. The van der Waals surface area contributed by atoms with E-state index in [4.69, 9.17) is 27.9 Å². The summed E-state index contributed by atoms with van der Waals surface area (Å²) in [5, 5.41) is 9.38. The molecule has 8 nitrogen and oxygen atoms in total. The van der Waals surface area contributed by atoms with Gasteiger partial charge in [0.25, 0.3) is 17.4 Å². The number of methoxy groups -OCH3 is 1. The zero-order chi connectivity index (χ0) is 20.3. The van der Waals surface area contributed by atoms with E-state index in [0.717, 1.165) is 0 Å². The van der Waals surface area contributed by atoms with Crippen LogP contribution in [0.2, 0.25) is 10.0 Å². The number of hydrogen-bond donors (Lipinski definition) is 2. The van der Waals surface area contributed by atoms with Gasteiger partial charge >= 0.3 is 0 Å². The number of aromatic nitrogens is 2. The molecular formula is C18H18Cl2N4O4. The van der Waals surface area contributed by atoms with Crippen molar-refractivity contribution in [2.24, 2.45) is 0 Å². The average molecular weight is 425 g/mol. The molecule has 1 aliphatic heterocycles. The Kier molecular flexibility index (Phi) is 6.21. The van der Waals surface area contributed by atoms with Gasteiger partial charge in [-0.05, 0) is 31.0 Å². The normalized spacial score (nSPS) is 14.6. The summed E-state index contributed by atoms with van der Waals surface area (Å²) < 4.78 is 5.25. The van der Waals surface area contributed by atoms with Crippen molar-refractivity contribution in [1.29, 1.82) is 0 Å². The van der Waals surface area contributed by atoms with E-state index in [1.54, 1.807) is 17.0 Å². The van der Waals surface area contributed by atoms with Gasteiger partial charge < -0.3 is 15.0 Å². The smallest absolute Gasteiger partial charge is 0.271 e. The largest absolute Gasteiger partial charge is 0.494 e. The van der Waals surface area contributed by atoms with Gasteiger partial charge in [0, 0.05) is 25.2 Å². The van der Waals surface area contributed by atoms with Gasteiger partial charge in [0.15, 0.2) is 5.75 Å². The molecule has 3 rings (SSSR count). The molecule has 0 radical (unpaired) electrons. The molecule has 0 spiro atoms. The topological polar surface area (TPSA) is 104 Å². The van der Waals surface area contributed by atoms with Crippen LogP contribution in [0.25, 0.3) is 0 Å². The fraction of sp³-hybridized carbons (Fsp3) is 0.333. The highest BCUT2D eigenvalue weighted by molar-refractivity contribution is 6.37. The molecule has 28 heavy (non-hydrogen) atoms. The SMILES string of the molecule is COc1c(Cl)ccc(Cl)c1C(=O)N1CCC(NC(=O)c2ccc(=O)[nH]n2)CC1. The molecule has 0 aliphatic carbocycles. The number of hydrogen-bond acceptors (Lipinski definition) is 5. The van der Waals surface area contributed by atoms with Crippen molar-refractivity contribution in [2.75, 3.05) is 20.2 Å². The Balaban J connectivity index is 1.63. The summed E-state index contributed by atoms with van der Waals surface area (Å²) in [6.07, 6.45) is 1.14. The first-order valence-corrected chi connectivity index (χ1v) is 9.34. The van der Waals surface area contributed by atoms with Crippen LogP contribution in [0.5, 0.6) is 5.75 Å². The molecule has 0 saturated carbocycles. The molecular weight excluding hydrogens is 407 g/mol. The van der Waals surface area contributed by atoms with Gasteiger partial charge in [-0.15, -0.1) is 0 Å². The third kappa shape index (κ3) is 4.28. The number of H-pyrrole nitrogens is 1. The highest BCUT2D eigenvalue weighted by atomic mass is 35.5. The molecule has 2 heterocycles. The zero-order valence-electron chi connectivity index (χ0n) is 15.0. The lowest BCUT2D eigenvalue weighted by Crippen LogP contribution is -2.46. The molecule has 0 atom stereocenters. The van der Waals surface area contributed by atoms with Crippen molar-refractivity contribution in [2.45, 2.75) is 18.9 Å². The van der Waals surface area contributed by atoms with E-state index in [2.05, 4.69) is 15.5 Å². The number of nitrogens with one attached hydrogen (secondary N) is 2. The van der Waals surface area contributed by atoms with Gasteiger partial charge in [-0.2, -0.15) is 5.10 Å². The maximum absolute atomic E-state index is 12.9. The van der Waals surface area contributed by atoms with Gasteiger partial charge in [-0.1, -0.05) is 23.2 Å². The fourth-order valence-corrected chi connectivity index (χ4v) is 3.51. The second-order valence-electron chi connectivity index (χ2n) is 6.28. The Hall–Kier alpha value is -2.58. The Morgan fingerprint density at radius 3 is 2.46 bits per heavy atom. The van der Waals surface area contributed by atoms with Gasteiger partial charge in [0.05, 0.1) is 17.2 Å². The monoisotopic (exact) mass is 424 g/mol. The Morgan fingerprint density at radius 1 is 1.18 bits per heavy atom. The predicted octanol–water partition coefficient (Wildman–Crippen LogP) is 2.12. The predicted molar refractivity (Wildman–Crippen MR) is 104 cm³/mol. The van der Waals surface area contributed by atoms with Gasteiger partial charge in [0.2, 0.25) is 0 Å². The molecule has 0 bridgehead atoms. The van der Waals surface area contributed by atoms with E-state index in [9.17, 15) is 14.4 Å². The van der Waals surface area contributed by atoms with Crippen molar-refractivity contribution in [3.63, 3.8) is 0 Å². The zero-order valence-corrected chi connectivity index (χ0v) is 16.5. The number of piperidine rings is 1. The van der Waals surface area contributed by atoms with Crippen LogP contribution in [0.3, 0.4) is 0 Å². The Bertz CT molecular complexity index is 935. The van der Waals surface area contributed by atoms with Crippen LogP contribution in [-0.2, 0) is 0 Å². The lowest BCUT2D eigenvalue weighted by Gasteiger charge is -2.32. The summed E-state index contributed by atoms with van der Waals surface area (Å²) in [6.45, 7) is 0.879. The standard InChI is InChI=1S/C18H18Cl2N4O4/c1-28-16-12(20)3-2-11(19)15(16)18(27)24-8-6-10(7-9-24)21-17(26)13-4-5-14(25)23-22-13/h2-5,10H,6-9H2,1H3,(H,21,26)(H,23,25). The van der Waals surface area contributed by atoms with E-state index in [1.807, 2.05) is 0 Å². The first-order chi connectivity index (χ1) is 13.4. The Labute approximate surface area is 170 Å². The van der Waals surface area contributed by atoms with Crippen LogP contribution in [0.15, 0.2) is 29.1 Å². The van der Waals surface area contributed by atoms with Crippen molar-refractivity contribution in [3.8, 4) is 5.75 Å². The molecule has 1 aromatic heterocycles. The number of halogens is 2. The van der Waals surface area contributed by atoms with E-state index in [1.165, 1.54) is 19.2 Å². The number of likely N-dealkylation sites (tertiary alicyclic amines) is 1. The molecule has 148 valence electrons. The third-order valence-corrected chi connectivity index (χ3v) is 5.12. The van der Waals surface area contributed by atoms with Gasteiger partial charge in [-0.3, -0.25) is 14.4 Å². The lowest BCUT2D eigenvalue weighted by molar-refractivity contribution is 0.0694. The maximum Gasteiger partial charge on any atom is 0.271 e. The van der Waals surface area contributed by atoms with E-state index >= 15 is 0 Å². The number of nitrogens with zero attached hydrogens (tertiary/aromatic N) is 2.